The molecule has 5 rings (SSSR count). The van der Waals surface area contributed by atoms with Crippen molar-refractivity contribution in [3.63, 3.8) is 0 Å². The minimum atomic E-state index is -0.208. The Morgan fingerprint density at radius 3 is 2.05 bits per heavy atom. The van der Waals surface area contributed by atoms with Crippen molar-refractivity contribution in [1.82, 2.24) is 24.3 Å². The van der Waals surface area contributed by atoms with Crippen molar-refractivity contribution in [1.29, 1.82) is 0 Å². The third kappa shape index (κ3) is 7.81. The molecule has 1 fully saturated rings. The van der Waals surface area contributed by atoms with Gasteiger partial charge in [0.25, 0.3) is 5.91 Å². The maximum Gasteiger partial charge on any atom is 0.254 e. The highest BCUT2D eigenvalue weighted by atomic mass is 16.2. The second-order valence-corrected chi connectivity index (χ2v) is 13.2. The number of carbonyl (C=O) groups excluding carboxylic acids is 1. The van der Waals surface area contributed by atoms with Crippen LogP contribution in [-0.4, -0.2) is 76.5 Å². The van der Waals surface area contributed by atoms with Crippen molar-refractivity contribution in [2.45, 2.75) is 40.3 Å². The fourth-order valence-electron chi connectivity index (χ4n) is 6.28. The van der Waals surface area contributed by atoms with E-state index >= 15 is 0 Å². The minimum absolute atomic E-state index is 0.0567. The lowest BCUT2D eigenvalue weighted by Crippen LogP contribution is -2.51. The Morgan fingerprint density at radius 1 is 0.860 bits per heavy atom. The van der Waals surface area contributed by atoms with Gasteiger partial charge in [0.15, 0.2) is 0 Å². The van der Waals surface area contributed by atoms with Crippen molar-refractivity contribution >= 4 is 5.91 Å². The fraction of sp³-hybridized carbons (Fsp3) is 0.405. The second-order valence-electron chi connectivity index (χ2n) is 13.2. The van der Waals surface area contributed by atoms with Gasteiger partial charge in [0, 0.05) is 63.1 Å². The predicted octanol–water partition coefficient (Wildman–Crippen LogP) is 6.71. The van der Waals surface area contributed by atoms with Crippen LogP contribution < -0.4 is 0 Å². The molecular formula is C37H47N5O. The Bertz CT molecular complexity index is 1440. The Kier molecular flexibility index (Phi) is 9.79. The van der Waals surface area contributed by atoms with E-state index in [2.05, 4.69) is 109 Å². The van der Waals surface area contributed by atoms with Gasteiger partial charge < -0.3 is 19.3 Å². The first-order chi connectivity index (χ1) is 20.7. The van der Waals surface area contributed by atoms with Crippen molar-refractivity contribution in [3.8, 4) is 11.3 Å². The summed E-state index contributed by atoms with van der Waals surface area (Å²) in [5.41, 5.74) is 3.81. The average Bonchev–Trinajstić information content (AvgIpc) is 3.41. The Morgan fingerprint density at radius 2 is 1.44 bits per heavy atom. The Balaban J connectivity index is 1.56. The maximum absolute atomic E-state index is 14.5. The number of rotatable bonds is 11. The molecule has 4 aromatic rings. The van der Waals surface area contributed by atoms with Crippen LogP contribution in [0.25, 0.3) is 11.3 Å². The molecule has 1 saturated heterocycles. The van der Waals surface area contributed by atoms with Crippen LogP contribution in [0.3, 0.4) is 0 Å². The second kappa shape index (κ2) is 13.7. The summed E-state index contributed by atoms with van der Waals surface area (Å²) >= 11 is 0. The average molecular weight is 578 g/mol. The van der Waals surface area contributed by atoms with Crippen molar-refractivity contribution in [2.75, 3.05) is 46.3 Å². The molecule has 1 amide bonds. The molecule has 6 heteroatoms. The van der Waals surface area contributed by atoms with Crippen molar-refractivity contribution in [2.24, 2.45) is 11.3 Å². The smallest absolute Gasteiger partial charge is 0.254 e. The quantitative estimate of drug-likeness (QED) is 0.199. The number of aromatic nitrogens is 2. The molecule has 0 unspecified atom stereocenters. The summed E-state index contributed by atoms with van der Waals surface area (Å²) < 4.78 is 2.26. The number of benzene rings is 3. The normalized spacial score (nSPS) is 15.5. The molecule has 0 aliphatic carbocycles. The number of hydrogen-bond acceptors (Lipinski definition) is 4. The number of carbonyl (C=O) groups is 1. The topological polar surface area (TPSA) is 44.6 Å². The maximum atomic E-state index is 14.5. The lowest BCUT2D eigenvalue weighted by atomic mass is 9.89. The van der Waals surface area contributed by atoms with Crippen LogP contribution in [0.2, 0.25) is 0 Å². The van der Waals surface area contributed by atoms with E-state index in [4.69, 9.17) is 4.98 Å². The van der Waals surface area contributed by atoms with E-state index in [0.717, 1.165) is 49.8 Å². The summed E-state index contributed by atoms with van der Waals surface area (Å²) in [4.78, 5) is 26.9. The molecule has 43 heavy (non-hydrogen) atoms. The van der Waals surface area contributed by atoms with E-state index < -0.39 is 0 Å². The molecular weight excluding hydrogens is 530 g/mol. The van der Waals surface area contributed by atoms with Gasteiger partial charge >= 0.3 is 0 Å². The van der Waals surface area contributed by atoms with Gasteiger partial charge in [-0.25, -0.2) is 4.98 Å². The lowest BCUT2D eigenvalue weighted by molar-refractivity contribution is 0.0386. The number of likely N-dealkylation sites (N-methyl/N-ethyl adjacent to an activating group) is 1. The van der Waals surface area contributed by atoms with Crippen molar-refractivity contribution < 1.29 is 4.79 Å². The van der Waals surface area contributed by atoms with Gasteiger partial charge in [-0.2, -0.15) is 0 Å². The van der Waals surface area contributed by atoms with Crippen LogP contribution in [0.1, 0.15) is 55.5 Å². The first-order valence-corrected chi connectivity index (χ1v) is 15.6. The molecule has 1 atom stereocenters. The zero-order valence-electron chi connectivity index (χ0n) is 26.5. The highest BCUT2D eigenvalue weighted by Crippen LogP contribution is 2.35. The van der Waals surface area contributed by atoms with Crippen LogP contribution in [0.4, 0.5) is 0 Å². The molecule has 226 valence electrons. The van der Waals surface area contributed by atoms with E-state index in [1.54, 1.807) is 0 Å². The lowest BCUT2D eigenvalue weighted by Gasteiger charge is -2.42. The molecule has 0 radical (unpaired) electrons. The number of hydrogen-bond donors (Lipinski definition) is 0. The first-order valence-electron chi connectivity index (χ1n) is 15.6. The molecule has 3 aromatic carbocycles. The third-order valence-electron chi connectivity index (χ3n) is 8.43. The zero-order chi connectivity index (χ0) is 30.4. The van der Waals surface area contributed by atoms with E-state index in [-0.39, 0.29) is 23.3 Å². The van der Waals surface area contributed by atoms with E-state index in [1.807, 2.05) is 42.5 Å². The van der Waals surface area contributed by atoms with Gasteiger partial charge in [0.05, 0.1) is 11.7 Å². The van der Waals surface area contributed by atoms with Crippen LogP contribution >= 0.6 is 0 Å². The summed E-state index contributed by atoms with van der Waals surface area (Å²) in [6.45, 7) is 15.6. The summed E-state index contributed by atoms with van der Waals surface area (Å²) in [6.07, 6.45) is 2.16. The predicted molar refractivity (Wildman–Crippen MR) is 176 cm³/mol. The van der Waals surface area contributed by atoms with Gasteiger partial charge in [-0.1, -0.05) is 107 Å². The third-order valence-corrected chi connectivity index (χ3v) is 8.43. The zero-order valence-corrected chi connectivity index (χ0v) is 26.5. The van der Waals surface area contributed by atoms with E-state index in [1.165, 1.54) is 5.56 Å². The minimum Gasteiger partial charge on any atom is -0.328 e. The van der Waals surface area contributed by atoms with E-state index in [0.29, 0.717) is 18.7 Å². The molecule has 2 heterocycles. The summed E-state index contributed by atoms with van der Waals surface area (Å²) in [5.74, 6) is 1.13. The molecule has 1 aliphatic rings. The summed E-state index contributed by atoms with van der Waals surface area (Å²) in [7, 11) is 2.19. The highest BCUT2D eigenvalue weighted by Gasteiger charge is 2.37. The molecule has 1 aliphatic heterocycles. The van der Waals surface area contributed by atoms with Gasteiger partial charge in [-0.3, -0.25) is 4.79 Å². The number of amides is 1. The summed E-state index contributed by atoms with van der Waals surface area (Å²) in [5, 5.41) is 0. The number of piperazine rings is 1. The van der Waals surface area contributed by atoms with E-state index in [9.17, 15) is 4.79 Å². The highest BCUT2D eigenvalue weighted by molar-refractivity contribution is 5.94. The molecule has 0 spiro atoms. The SMILES string of the molecule is CC(C)[C@H](c1nc(-c2ccccc2)cn1Cc1ccccc1)N(CC(C)(C)CN1CCN(C)CC1)C(=O)c1ccccc1. The monoisotopic (exact) mass is 577 g/mol. The Labute approximate surface area is 258 Å². The molecule has 0 saturated carbocycles. The molecule has 0 bridgehead atoms. The fourth-order valence-corrected chi connectivity index (χ4v) is 6.28. The van der Waals surface area contributed by atoms with Gasteiger partial charge in [0.1, 0.15) is 5.82 Å². The molecule has 0 N–H and O–H groups in total. The van der Waals surface area contributed by atoms with Gasteiger partial charge in [-0.15, -0.1) is 0 Å². The first kappa shape index (κ1) is 30.7. The van der Waals surface area contributed by atoms with Gasteiger partial charge in [0.2, 0.25) is 0 Å². The van der Waals surface area contributed by atoms with Crippen LogP contribution in [-0.2, 0) is 6.54 Å². The molecule has 6 nitrogen and oxygen atoms in total. The number of nitrogens with zero attached hydrogens (tertiary/aromatic N) is 5. The van der Waals surface area contributed by atoms with Crippen molar-refractivity contribution in [3.05, 3.63) is 114 Å². The Hall–Kier alpha value is -3.74. The standard InChI is InChI=1S/C37H47N5O/c1-29(2)34(35-38-33(31-17-11-7-12-18-31)26-41(35)25-30-15-9-6-10-16-30)42(36(43)32-19-13-8-14-20-32)28-37(3,4)27-40-23-21-39(5)22-24-40/h6-20,26,29,34H,21-25,27-28H2,1-5H3/t34-/m1/s1. The van der Waals surface area contributed by atoms with Crippen LogP contribution in [0.5, 0.6) is 0 Å². The number of imidazole rings is 1. The largest absolute Gasteiger partial charge is 0.328 e. The summed E-state index contributed by atoms with van der Waals surface area (Å²) in [6, 6.07) is 30.4. The van der Waals surface area contributed by atoms with Crippen LogP contribution in [0.15, 0.2) is 97.2 Å². The molecule has 1 aromatic heterocycles. The van der Waals surface area contributed by atoms with Crippen LogP contribution in [0, 0.1) is 11.3 Å². The van der Waals surface area contributed by atoms with Gasteiger partial charge in [-0.05, 0) is 36.1 Å².